The van der Waals surface area contributed by atoms with Gasteiger partial charge in [0.15, 0.2) is 10.7 Å². The maximum atomic E-state index is 12.5. The zero-order valence-electron chi connectivity index (χ0n) is 14.4. The van der Waals surface area contributed by atoms with Crippen LogP contribution >= 0.6 is 11.3 Å². The van der Waals surface area contributed by atoms with Crippen LogP contribution in [0.3, 0.4) is 0 Å². The Kier molecular flexibility index (Phi) is 4.21. The minimum absolute atomic E-state index is 0.174. The second-order valence-electron chi connectivity index (χ2n) is 5.84. The number of hydrogen-bond acceptors (Lipinski definition) is 6. The number of rotatable bonds is 3. The number of methoxy groups -OCH3 is 1. The van der Waals surface area contributed by atoms with Crippen molar-refractivity contribution in [2.45, 2.75) is 0 Å². The molecule has 0 saturated heterocycles. The van der Waals surface area contributed by atoms with Crippen molar-refractivity contribution in [3.05, 3.63) is 81.2 Å². The summed E-state index contributed by atoms with van der Waals surface area (Å²) < 4.78 is 6.79. The molecule has 0 aliphatic heterocycles. The van der Waals surface area contributed by atoms with Crippen molar-refractivity contribution >= 4 is 34.0 Å². The summed E-state index contributed by atoms with van der Waals surface area (Å²) in [7, 11) is 1.43. The lowest BCUT2D eigenvalue weighted by Gasteiger charge is -2.11. The van der Waals surface area contributed by atoms with Crippen LogP contribution < -0.4 is 11.3 Å². The van der Waals surface area contributed by atoms with E-state index in [1.54, 1.807) is 22.6 Å². The molecule has 1 aromatic carbocycles. The molecule has 2 N–H and O–H groups in total. The van der Waals surface area contributed by atoms with Crippen LogP contribution in [0.2, 0.25) is 0 Å². The minimum Gasteiger partial charge on any atom is -0.493 e. The van der Waals surface area contributed by atoms with Gasteiger partial charge in [0.05, 0.1) is 18.4 Å². The summed E-state index contributed by atoms with van der Waals surface area (Å²) in [6.07, 6.45) is 6.34. The number of ketones is 1. The van der Waals surface area contributed by atoms with Crippen LogP contribution in [0, 0.1) is 0 Å². The fraction of sp³-hybridized carbons (Fsp3) is 0.0500. The summed E-state index contributed by atoms with van der Waals surface area (Å²) in [4.78, 5) is 29.5. The van der Waals surface area contributed by atoms with Crippen LogP contribution in [-0.2, 0) is 9.53 Å². The smallest absolute Gasteiger partial charge is 0.283 e. The number of allylic oxidation sites excluding steroid dienone is 4. The molecule has 134 valence electrons. The average molecular weight is 377 g/mol. The van der Waals surface area contributed by atoms with Crippen LogP contribution in [0.25, 0.3) is 22.3 Å². The lowest BCUT2D eigenvalue weighted by molar-refractivity contribution is -0.114. The highest BCUT2D eigenvalue weighted by atomic mass is 32.1. The SMILES string of the molecule is COC1=CC=CC(=Cc2c(N)n3c(-c4ccccc4)csc3nc2=O)C1=O. The number of thiazole rings is 1. The van der Waals surface area contributed by atoms with Gasteiger partial charge in [-0.15, -0.1) is 11.3 Å². The number of hydrogen-bond donors (Lipinski definition) is 1. The molecule has 1 aliphatic rings. The second kappa shape index (κ2) is 6.69. The van der Waals surface area contributed by atoms with Gasteiger partial charge < -0.3 is 10.5 Å². The molecule has 6 nitrogen and oxygen atoms in total. The number of anilines is 1. The van der Waals surface area contributed by atoms with E-state index in [2.05, 4.69) is 4.98 Å². The normalized spacial score (nSPS) is 15.4. The van der Waals surface area contributed by atoms with E-state index in [1.165, 1.54) is 24.5 Å². The van der Waals surface area contributed by atoms with E-state index in [9.17, 15) is 9.59 Å². The minimum atomic E-state index is -0.476. The molecule has 0 saturated carbocycles. The summed E-state index contributed by atoms with van der Waals surface area (Å²) in [5, 5.41) is 1.90. The predicted molar refractivity (Wildman–Crippen MR) is 106 cm³/mol. The molecule has 1 aliphatic carbocycles. The number of nitrogens with two attached hydrogens (primary N) is 1. The molecule has 2 heterocycles. The molecule has 0 unspecified atom stereocenters. The van der Waals surface area contributed by atoms with Gasteiger partial charge in [0.1, 0.15) is 5.82 Å². The van der Waals surface area contributed by atoms with E-state index in [4.69, 9.17) is 10.5 Å². The highest BCUT2D eigenvalue weighted by molar-refractivity contribution is 7.15. The molecule has 7 heteroatoms. The van der Waals surface area contributed by atoms with E-state index in [0.717, 1.165) is 11.3 Å². The first kappa shape index (κ1) is 17.0. The zero-order chi connectivity index (χ0) is 19.0. The van der Waals surface area contributed by atoms with Gasteiger partial charge in [-0.25, -0.2) is 0 Å². The first-order valence-electron chi connectivity index (χ1n) is 8.14. The number of carbonyl (C=O) groups is 1. The van der Waals surface area contributed by atoms with Crippen molar-refractivity contribution in [1.82, 2.24) is 9.38 Å². The van der Waals surface area contributed by atoms with E-state index < -0.39 is 5.56 Å². The van der Waals surface area contributed by atoms with Gasteiger partial charge >= 0.3 is 0 Å². The van der Waals surface area contributed by atoms with Crippen LogP contribution in [-0.4, -0.2) is 22.3 Å². The third kappa shape index (κ3) is 2.88. The maximum absolute atomic E-state index is 12.5. The highest BCUT2D eigenvalue weighted by Gasteiger charge is 2.19. The van der Waals surface area contributed by atoms with E-state index >= 15 is 0 Å². The Hall–Kier alpha value is -3.45. The van der Waals surface area contributed by atoms with Crippen molar-refractivity contribution in [3.63, 3.8) is 0 Å². The summed E-state index contributed by atoms with van der Waals surface area (Å²) in [5.41, 5.74) is 8.14. The van der Waals surface area contributed by atoms with Gasteiger partial charge in [-0.2, -0.15) is 4.98 Å². The average Bonchev–Trinajstić information content (AvgIpc) is 3.11. The van der Waals surface area contributed by atoms with E-state index in [0.29, 0.717) is 10.5 Å². The van der Waals surface area contributed by atoms with Crippen molar-refractivity contribution < 1.29 is 9.53 Å². The van der Waals surface area contributed by atoms with Crippen molar-refractivity contribution in [2.24, 2.45) is 0 Å². The predicted octanol–water partition coefficient (Wildman–Crippen LogP) is 3.06. The Morgan fingerprint density at radius 2 is 2.00 bits per heavy atom. The molecular formula is C20H15N3O3S. The Balaban J connectivity index is 1.91. The summed E-state index contributed by atoms with van der Waals surface area (Å²) in [6, 6.07) is 9.70. The number of ether oxygens (including phenoxy) is 1. The Morgan fingerprint density at radius 3 is 2.74 bits per heavy atom. The fourth-order valence-corrected chi connectivity index (χ4v) is 3.80. The third-order valence-corrected chi connectivity index (χ3v) is 5.08. The second-order valence-corrected chi connectivity index (χ2v) is 6.68. The number of carbonyl (C=O) groups excluding carboxylic acids is 1. The summed E-state index contributed by atoms with van der Waals surface area (Å²) in [6.45, 7) is 0. The van der Waals surface area contributed by atoms with Gasteiger partial charge in [0.25, 0.3) is 5.56 Å². The number of benzene rings is 1. The number of fused-ring (bicyclic) bond motifs is 1. The molecule has 0 amide bonds. The number of aromatic nitrogens is 2. The third-order valence-electron chi connectivity index (χ3n) is 4.25. The van der Waals surface area contributed by atoms with Crippen LogP contribution in [0.1, 0.15) is 5.56 Å². The number of Topliss-reactive ketones (excluding diaryl/α,β-unsaturated/α-hetero) is 1. The van der Waals surface area contributed by atoms with Crippen molar-refractivity contribution in [1.29, 1.82) is 0 Å². The topological polar surface area (TPSA) is 86.7 Å². The lowest BCUT2D eigenvalue weighted by Crippen LogP contribution is -2.18. The maximum Gasteiger partial charge on any atom is 0.283 e. The quantitative estimate of drug-likeness (QED) is 0.709. The molecule has 27 heavy (non-hydrogen) atoms. The molecule has 2 aromatic heterocycles. The number of nitrogens with zero attached hydrogens (tertiary/aromatic N) is 2. The van der Waals surface area contributed by atoms with Gasteiger partial charge in [-0.1, -0.05) is 42.5 Å². The largest absolute Gasteiger partial charge is 0.493 e. The molecular weight excluding hydrogens is 362 g/mol. The Morgan fingerprint density at radius 1 is 1.22 bits per heavy atom. The Bertz CT molecular complexity index is 1200. The summed E-state index contributed by atoms with van der Waals surface area (Å²) in [5.74, 6) is 0.141. The molecule has 3 aromatic rings. The molecule has 0 radical (unpaired) electrons. The standard InChI is InChI=1S/C20H15N3O3S/c1-26-16-9-5-8-13(17(16)24)10-14-18(21)23-15(12-6-3-2-4-7-12)11-27-20(23)22-19(14)25/h2-11H,21H2,1H3. The Labute approximate surface area is 158 Å². The molecule has 0 bridgehead atoms. The van der Waals surface area contributed by atoms with Crippen molar-refractivity contribution in [2.75, 3.05) is 12.8 Å². The summed E-state index contributed by atoms with van der Waals surface area (Å²) >= 11 is 1.34. The van der Waals surface area contributed by atoms with Crippen molar-refractivity contribution in [3.8, 4) is 11.3 Å². The van der Waals surface area contributed by atoms with Gasteiger partial charge in [-0.05, 0) is 17.7 Å². The lowest BCUT2D eigenvalue weighted by atomic mass is 10.0. The van der Waals surface area contributed by atoms with Gasteiger partial charge in [0, 0.05) is 11.0 Å². The van der Waals surface area contributed by atoms with Crippen LogP contribution in [0.15, 0.2) is 70.1 Å². The first-order valence-corrected chi connectivity index (χ1v) is 9.02. The molecule has 0 atom stereocenters. The van der Waals surface area contributed by atoms with Gasteiger partial charge in [0.2, 0.25) is 5.78 Å². The van der Waals surface area contributed by atoms with Crippen LogP contribution in [0.4, 0.5) is 5.82 Å². The zero-order valence-corrected chi connectivity index (χ0v) is 15.2. The molecule has 0 spiro atoms. The highest BCUT2D eigenvalue weighted by Crippen LogP contribution is 2.28. The molecule has 0 fully saturated rings. The first-order chi connectivity index (χ1) is 13.1. The van der Waals surface area contributed by atoms with Crippen LogP contribution in [0.5, 0.6) is 0 Å². The van der Waals surface area contributed by atoms with Gasteiger partial charge in [-0.3, -0.25) is 14.0 Å². The molecule has 4 rings (SSSR count). The monoisotopic (exact) mass is 377 g/mol. The fourth-order valence-electron chi connectivity index (χ4n) is 2.91. The van der Waals surface area contributed by atoms with E-state index in [1.807, 2.05) is 35.7 Å². The number of nitrogen functional groups attached to an aromatic ring is 1. The van der Waals surface area contributed by atoms with E-state index in [-0.39, 0.29) is 22.9 Å².